The van der Waals surface area contributed by atoms with Crippen LogP contribution >= 0.6 is 0 Å². The Morgan fingerprint density at radius 3 is 2.42 bits per heavy atom. The number of hydrogen-bond acceptors (Lipinski definition) is 5. The predicted octanol–water partition coefficient (Wildman–Crippen LogP) is 1.65. The fraction of sp³-hybridized carbons (Fsp3) is 0.278. The number of carbonyl (C=O) groups is 1. The van der Waals surface area contributed by atoms with Crippen molar-refractivity contribution in [3.8, 4) is 11.5 Å². The van der Waals surface area contributed by atoms with Crippen molar-refractivity contribution >= 4 is 15.9 Å². The molecule has 0 atom stereocenters. The van der Waals surface area contributed by atoms with Crippen LogP contribution in [0.1, 0.15) is 16.7 Å². The lowest BCUT2D eigenvalue weighted by Crippen LogP contribution is -2.28. The van der Waals surface area contributed by atoms with E-state index in [0.717, 1.165) is 11.1 Å². The van der Waals surface area contributed by atoms with Gasteiger partial charge in [-0.2, -0.15) is 0 Å². The molecule has 0 aromatic heterocycles. The minimum Gasteiger partial charge on any atom is -0.495 e. The van der Waals surface area contributed by atoms with Crippen LogP contribution in [0, 0.1) is 13.8 Å². The molecule has 7 nitrogen and oxygen atoms in total. The zero-order valence-electron chi connectivity index (χ0n) is 14.9. The fourth-order valence-corrected chi connectivity index (χ4v) is 3.16. The molecule has 8 heteroatoms. The van der Waals surface area contributed by atoms with Gasteiger partial charge in [0, 0.05) is 6.54 Å². The van der Waals surface area contributed by atoms with E-state index in [1.54, 1.807) is 6.07 Å². The molecule has 140 valence electrons. The topological polar surface area (TPSA) is 108 Å². The Kier molecular flexibility index (Phi) is 6.23. The van der Waals surface area contributed by atoms with Crippen LogP contribution in [0.3, 0.4) is 0 Å². The highest BCUT2D eigenvalue weighted by atomic mass is 32.2. The number of benzene rings is 2. The van der Waals surface area contributed by atoms with Gasteiger partial charge < -0.3 is 14.8 Å². The molecule has 0 aliphatic carbocycles. The molecule has 0 bridgehead atoms. The Morgan fingerprint density at radius 2 is 1.81 bits per heavy atom. The van der Waals surface area contributed by atoms with Gasteiger partial charge in [-0.15, -0.1) is 0 Å². The van der Waals surface area contributed by atoms with Crippen molar-refractivity contribution in [2.45, 2.75) is 25.3 Å². The molecule has 0 radical (unpaired) electrons. The van der Waals surface area contributed by atoms with E-state index in [1.807, 2.05) is 32.0 Å². The zero-order chi connectivity index (χ0) is 19.3. The summed E-state index contributed by atoms with van der Waals surface area (Å²) >= 11 is 0. The van der Waals surface area contributed by atoms with Crippen LogP contribution < -0.4 is 19.9 Å². The van der Waals surface area contributed by atoms with Gasteiger partial charge in [-0.1, -0.05) is 23.8 Å². The summed E-state index contributed by atoms with van der Waals surface area (Å²) < 4.78 is 33.7. The highest BCUT2D eigenvalue weighted by Gasteiger charge is 2.16. The number of carbonyl (C=O) groups excluding carboxylic acids is 1. The molecule has 0 spiro atoms. The first-order chi connectivity index (χ1) is 12.2. The van der Waals surface area contributed by atoms with Crippen LogP contribution in [0.2, 0.25) is 0 Å². The largest absolute Gasteiger partial charge is 0.495 e. The summed E-state index contributed by atoms with van der Waals surface area (Å²) in [5, 5.41) is 7.86. The third kappa shape index (κ3) is 5.21. The van der Waals surface area contributed by atoms with Crippen molar-refractivity contribution < 1.29 is 22.7 Å². The number of methoxy groups -OCH3 is 1. The summed E-state index contributed by atoms with van der Waals surface area (Å²) in [5.74, 6) is 0.477. The zero-order valence-corrected chi connectivity index (χ0v) is 15.7. The Morgan fingerprint density at radius 1 is 1.12 bits per heavy atom. The first-order valence-electron chi connectivity index (χ1n) is 7.87. The summed E-state index contributed by atoms with van der Waals surface area (Å²) in [7, 11) is -2.57. The minimum absolute atomic E-state index is 0.127. The van der Waals surface area contributed by atoms with Crippen LogP contribution in [0.4, 0.5) is 0 Å². The van der Waals surface area contributed by atoms with Crippen molar-refractivity contribution in [1.82, 2.24) is 5.32 Å². The quantitative estimate of drug-likeness (QED) is 0.762. The molecule has 26 heavy (non-hydrogen) atoms. The summed E-state index contributed by atoms with van der Waals surface area (Å²) in [5.41, 5.74) is 2.64. The Bertz CT molecular complexity index is 910. The third-order valence-electron chi connectivity index (χ3n) is 3.71. The van der Waals surface area contributed by atoms with E-state index in [1.165, 1.54) is 19.2 Å². The van der Waals surface area contributed by atoms with Crippen molar-refractivity contribution in [2.75, 3.05) is 13.7 Å². The number of ether oxygens (including phenoxy) is 2. The predicted molar refractivity (Wildman–Crippen MR) is 97.6 cm³/mol. The Balaban J connectivity index is 1.97. The van der Waals surface area contributed by atoms with Crippen LogP contribution in [-0.2, 0) is 21.4 Å². The number of aryl methyl sites for hydroxylation is 2. The fourth-order valence-electron chi connectivity index (χ4n) is 2.41. The molecule has 0 aliphatic heterocycles. The minimum atomic E-state index is -3.92. The summed E-state index contributed by atoms with van der Waals surface area (Å²) in [6.07, 6.45) is 0. The van der Waals surface area contributed by atoms with Crippen LogP contribution in [0.5, 0.6) is 11.5 Å². The highest BCUT2D eigenvalue weighted by molar-refractivity contribution is 7.89. The van der Waals surface area contributed by atoms with Crippen molar-refractivity contribution in [3.05, 3.63) is 53.1 Å². The number of hydrogen-bond donors (Lipinski definition) is 2. The van der Waals surface area contributed by atoms with Gasteiger partial charge in [0.05, 0.1) is 7.11 Å². The maximum absolute atomic E-state index is 12.0. The smallest absolute Gasteiger partial charge is 0.258 e. The van der Waals surface area contributed by atoms with E-state index in [4.69, 9.17) is 14.6 Å². The molecule has 0 saturated heterocycles. The van der Waals surface area contributed by atoms with Gasteiger partial charge in [0.25, 0.3) is 5.91 Å². The molecule has 0 saturated carbocycles. The van der Waals surface area contributed by atoms with Gasteiger partial charge in [-0.25, -0.2) is 13.6 Å². The van der Waals surface area contributed by atoms with E-state index >= 15 is 0 Å². The van der Waals surface area contributed by atoms with E-state index in [-0.39, 0.29) is 29.7 Å². The summed E-state index contributed by atoms with van der Waals surface area (Å²) in [4.78, 5) is 11.8. The molecule has 1 amide bonds. The second-order valence-electron chi connectivity index (χ2n) is 5.86. The second kappa shape index (κ2) is 8.20. The maximum atomic E-state index is 12.0. The Hall–Kier alpha value is -2.58. The van der Waals surface area contributed by atoms with E-state index in [2.05, 4.69) is 5.32 Å². The normalized spacial score (nSPS) is 11.1. The molecule has 2 aromatic rings. The number of primary sulfonamides is 1. The number of sulfonamides is 1. The van der Waals surface area contributed by atoms with Gasteiger partial charge >= 0.3 is 0 Å². The number of amides is 1. The standard InChI is InChI=1S/C18H22N2O5S/c1-12-4-6-15(13(2)8-12)25-11-18(21)20-10-14-5-7-16(24-3)17(9-14)26(19,22)23/h4-9H,10-11H2,1-3H3,(H,20,21)(H2,19,22,23). The molecule has 0 heterocycles. The molecule has 2 aromatic carbocycles. The lowest BCUT2D eigenvalue weighted by molar-refractivity contribution is -0.123. The lowest BCUT2D eigenvalue weighted by atomic mass is 10.1. The maximum Gasteiger partial charge on any atom is 0.258 e. The van der Waals surface area contributed by atoms with Crippen molar-refractivity contribution in [1.29, 1.82) is 0 Å². The lowest BCUT2D eigenvalue weighted by Gasteiger charge is -2.11. The molecular formula is C18H22N2O5S. The molecule has 0 fully saturated rings. The molecule has 3 N–H and O–H groups in total. The Labute approximate surface area is 153 Å². The summed E-state index contributed by atoms with van der Waals surface area (Å²) in [6.45, 7) is 3.89. The molecule has 2 rings (SSSR count). The van der Waals surface area contributed by atoms with Crippen LogP contribution in [-0.4, -0.2) is 28.0 Å². The molecule has 0 aliphatic rings. The molecule has 0 unspecified atom stereocenters. The second-order valence-corrected chi connectivity index (χ2v) is 7.39. The van der Waals surface area contributed by atoms with Crippen LogP contribution in [0.15, 0.2) is 41.3 Å². The number of nitrogens with one attached hydrogen (secondary N) is 1. The van der Waals surface area contributed by atoms with Gasteiger partial charge in [-0.3, -0.25) is 4.79 Å². The first-order valence-corrected chi connectivity index (χ1v) is 9.42. The SMILES string of the molecule is COc1ccc(CNC(=O)COc2ccc(C)cc2C)cc1S(N)(=O)=O. The van der Waals surface area contributed by atoms with Crippen molar-refractivity contribution in [3.63, 3.8) is 0 Å². The molecular weight excluding hydrogens is 356 g/mol. The van der Waals surface area contributed by atoms with Gasteiger partial charge in [0.15, 0.2) is 6.61 Å². The monoisotopic (exact) mass is 378 g/mol. The average Bonchev–Trinajstić information content (AvgIpc) is 2.58. The number of rotatable bonds is 7. The van der Waals surface area contributed by atoms with Gasteiger partial charge in [0.2, 0.25) is 10.0 Å². The first kappa shape index (κ1) is 19.7. The average molecular weight is 378 g/mol. The van der Waals surface area contributed by atoms with Crippen LogP contribution in [0.25, 0.3) is 0 Å². The van der Waals surface area contributed by atoms with E-state index in [0.29, 0.717) is 11.3 Å². The van der Waals surface area contributed by atoms with Gasteiger partial charge in [0.1, 0.15) is 16.4 Å². The number of nitrogens with two attached hydrogens (primary N) is 1. The van der Waals surface area contributed by atoms with E-state index in [9.17, 15) is 13.2 Å². The summed E-state index contributed by atoms with van der Waals surface area (Å²) in [6, 6.07) is 10.2. The third-order valence-corrected chi connectivity index (χ3v) is 4.65. The van der Waals surface area contributed by atoms with Gasteiger partial charge in [-0.05, 0) is 43.2 Å². The van der Waals surface area contributed by atoms with E-state index < -0.39 is 10.0 Å². The highest BCUT2D eigenvalue weighted by Crippen LogP contribution is 2.23. The van der Waals surface area contributed by atoms with Crippen molar-refractivity contribution in [2.24, 2.45) is 5.14 Å².